The minimum atomic E-state index is -0.702. The molecule has 102 valence electrons. The van der Waals surface area contributed by atoms with Crippen molar-refractivity contribution in [3.63, 3.8) is 0 Å². The van der Waals surface area contributed by atoms with Crippen molar-refractivity contribution in [2.75, 3.05) is 13.1 Å². The van der Waals surface area contributed by atoms with E-state index in [1.54, 1.807) is 0 Å². The molecule has 6 nitrogen and oxygen atoms in total. The Kier molecular flexibility index (Phi) is 4.13. The summed E-state index contributed by atoms with van der Waals surface area (Å²) in [6, 6.07) is 5.81. The summed E-state index contributed by atoms with van der Waals surface area (Å²) in [5, 5.41) is 11.9. The first-order valence-corrected chi connectivity index (χ1v) is 6.18. The van der Waals surface area contributed by atoms with E-state index < -0.39 is 6.10 Å². The molecule has 0 aliphatic heterocycles. The molecule has 19 heavy (non-hydrogen) atoms. The summed E-state index contributed by atoms with van der Waals surface area (Å²) in [4.78, 5) is 16.1. The second-order valence-corrected chi connectivity index (χ2v) is 4.50. The lowest BCUT2D eigenvalue weighted by Gasteiger charge is -2.08. The van der Waals surface area contributed by atoms with E-state index in [4.69, 9.17) is 5.73 Å². The number of carbonyl (C=O) groups is 1. The van der Waals surface area contributed by atoms with E-state index in [2.05, 4.69) is 10.3 Å². The number of aryl methyl sites for hydroxylation is 1. The molecule has 2 aromatic rings. The maximum absolute atomic E-state index is 11.7. The molecule has 0 fully saturated rings. The molecule has 0 radical (unpaired) electrons. The Balaban J connectivity index is 2.01. The molecule has 0 saturated carbocycles. The van der Waals surface area contributed by atoms with Gasteiger partial charge in [0, 0.05) is 25.0 Å². The number of pyridine rings is 1. The Morgan fingerprint density at radius 1 is 1.58 bits per heavy atom. The van der Waals surface area contributed by atoms with Crippen molar-refractivity contribution in [3.05, 3.63) is 35.8 Å². The molecule has 1 unspecified atom stereocenters. The van der Waals surface area contributed by atoms with Crippen LogP contribution in [0.5, 0.6) is 0 Å². The molecule has 1 atom stereocenters. The van der Waals surface area contributed by atoms with Crippen LogP contribution in [0.2, 0.25) is 0 Å². The third-order valence-corrected chi connectivity index (χ3v) is 2.89. The zero-order chi connectivity index (χ0) is 13.8. The quantitative estimate of drug-likeness (QED) is 0.685. The highest BCUT2D eigenvalue weighted by atomic mass is 16.3. The molecule has 0 saturated heterocycles. The second-order valence-electron chi connectivity index (χ2n) is 4.50. The van der Waals surface area contributed by atoms with Gasteiger partial charge in [-0.2, -0.15) is 0 Å². The summed E-state index contributed by atoms with van der Waals surface area (Å²) in [5.74, 6) is -0.173. The van der Waals surface area contributed by atoms with Crippen LogP contribution in [0.1, 0.15) is 11.4 Å². The van der Waals surface area contributed by atoms with Crippen LogP contribution in [0.4, 0.5) is 0 Å². The van der Waals surface area contributed by atoms with E-state index in [0.29, 0.717) is 5.69 Å². The van der Waals surface area contributed by atoms with E-state index in [0.717, 1.165) is 11.3 Å². The molecule has 0 aromatic carbocycles. The van der Waals surface area contributed by atoms with Crippen molar-refractivity contribution in [1.29, 1.82) is 0 Å². The first kappa shape index (κ1) is 13.5. The van der Waals surface area contributed by atoms with Gasteiger partial charge in [-0.3, -0.25) is 4.79 Å². The van der Waals surface area contributed by atoms with E-state index >= 15 is 0 Å². The zero-order valence-corrected chi connectivity index (χ0v) is 10.8. The Bertz CT molecular complexity index is 579. The standard InChI is InChI=1S/C13H18N4O2/c1-9-3-2-4-12-16-10(8-17(9)12)5-13(19)15-7-11(18)6-14/h2-4,8,11,18H,5-7,14H2,1H3,(H,15,19). The van der Waals surface area contributed by atoms with Crippen LogP contribution in [0.3, 0.4) is 0 Å². The van der Waals surface area contributed by atoms with Crippen LogP contribution >= 0.6 is 0 Å². The molecule has 4 N–H and O–H groups in total. The number of aromatic nitrogens is 2. The zero-order valence-electron chi connectivity index (χ0n) is 10.8. The molecule has 0 aliphatic rings. The van der Waals surface area contributed by atoms with Gasteiger partial charge in [0.25, 0.3) is 0 Å². The molecular weight excluding hydrogens is 244 g/mol. The number of aliphatic hydroxyl groups is 1. The lowest BCUT2D eigenvalue weighted by Crippen LogP contribution is -2.36. The first-order valence-electron chi connectivity index (χ1n) is 6.18. The number of nitrogens with two attached hydrogens (primary N) is 1. The van der Waals surface area contributed by atoms with Gasteiger partial charge < -0.3 is 20.6 Å². The van der Waals surface area contributed by atoms with Crippen molar-refractivity contribution in [2.45, 2.75) is 19.4 Å². The lowest BCUT2D eigenvalue weighted by molar-refractivity contribution is -0.120. The highest BCUT2D eigenvalue weighted by Gasteiger charge is 2.09. The largest absolute Gasteiger partial charge is 0.390 e. The number of aliphatic hydroxyl groups excluding tert-OH is 1. The molecule has 0 bridgehead atoms. The summed E-state index contributed by atoms with van der Waals surface area (Å²) in [6.07, 6.45) is 1.34. The molecule has 2 aromatic heterocycles. The number of hydrogen-bond donors (Lipinski definition) is 3. The fourth-order valence-electron chi connectivity index (χ4n) is 1.83. The number of hydrogen-bond acceptors (Lipinski definition) is 4. The van der Waals surface area contributed by atoms with Gasteiger partial charge in [0.2, 0.25) is 5.91 Å². The van der Waals surface area contributed by atoms with Gasteiger partial charge in [-0.25, -0.2) is 4.98 Å². The number of imidazole rings is 1. The van der Waals surface area contributed by atoms with Gasteiger partial charge in [0.1, 0.15) is 5.65 Å². The van der Waals surface area contributed by atoms with Crippen molar-refractivity contribution in [3.8, 4) is 0 Å². The van der Waals surface area contributed by atoms with Gasteiger partial charge in [0.05, 0.1) is 18.2 Å². The maximum Gasteiger partial charge on any atom is 0.226 e. The van der Waals surface area contributed by atoms with Gasteiger partial charge in [-0.1, -0.05) is 6.07 Å². The molecule has 6 heteroatoms. The smallest absolute Gasteiger partial charge is 0.226 e. The van der Waals surface area contributed by atoms with Crippen LogP contribution in [0.25, 0.3) is 5.65 Å². The summed E-state index contributed by atoms with van der Waals surface area (Å²) in [6.45, 7) is 2.28. The molecular formula is C13H18N4O2. The number of fused-ring (bicyclic) bond motifs is 1. The van der Waals surface area contributed by atoms with Crippen LogP contribution in [0.15, 0.2) is 24.4 Å². The number of carbonyl (C=O) groups excluding carboxylic acids is 1. The molecule has 0 spiro atoms. The van der Waals surface area contributed by atoms with Gasteiger partial charge in [-0.15, -0.1) is 0 Å². The minimum absolute atomic E-state index is 0.133. The highest BCUT2D eigenvalue weighted by Crippen LogP contribution is 2.08. The average molecular weight is 262 g/mol. The predicted molar refractivity (Wildman–Crippen MR) is 71.7 cm³/mol. The van der Waals surface area contributed by atoms with Crippen molar-refractivity contribution in [1.82, 2.24) is 14.7 Å². The minimum Gasteiger partial charge on any atom is -0.390 e. The van der Waals surface area contributed by atoms with Gasteiger partial charge >= 0.3 is 0 Å². The molecule has 0 aliphatic carbocycles. The van der Waals surface area contributed by atoms with Gasteiger partial charge in [-0.05, 0) is 19.1 Å². The molecule has 2 heterocycles. The van der Waals surface area contributed by atoms with E-state index in [-0.39, 0.29) is 25.4 Å². The fraction of sp³-hybridized carbons (Fsp3) is 0.385. The van der Waals surface area contributed by atoms with Crippen LogP contribution in [-0.4, -0.2) is 39.6 Å². The molecule has 2 rings (SSSR count). The van der Waals surface area contributed by atoms with Crippen molar-refractivity contribution >= 4 is 11.6 Å². The summed E-state index contributed by atoms with van der Waals surface area (Å²) in [5.41, 5.74) is 7.85. The topological polar surface area (TPSA) is 92.6 Å². The fourth-order valence-corrected chi connectivity index (χ4v) is 1.83. The number of amides is 1. The van der Waals surface area contributed by atoms with E-state index in [9.17, 15) is 9.90 Å². The van der Waals surface area contributed by atoms with E-state index in [1.165, 1.54) is 0 Å². The Hall–Kier alpha value is -1.92. The second kappa shape index (κ2) is 5.81. The summed E-state index contributed by atoms with van der Waals surface area (Å²) < 4.78 is 1.94. The van der Waals surface area contributed by atoms with Gasteiger partial charge in [0.15, 0.2) is 0 Å². The van der Waals surface area contributed by atoms with E-state index in [1.807, 2.05) is 35.7 Å². The average Bonchev–Trinajstić information content (AvgIpc) is 2.80. The van der Waals surface area contributed by atoms with Crippen LogP contribution in [0, 0.1) is 6.92 Å². The monoisotopic (exact) mass is 262 g/mol. The Morgan fingerprint density at radius 3 is 3.05 bits per heavy atom. The van der Waals surface area contributed by atoms with Crippen molar-refractivity contribution < 1.29 is 9.90 Å². The predicted octanol–water partition coefficient (Wildman–Crippen LogP) is -0.379. The first-order chi connectivity index (χ1) is 9.10. The SMILES string of the molecule is Cc1cccc2nc(CC(=O)NCC(O)CN)cn12. The van der Waals surface area contributed by atoms with Crippen LogP contribution in [-0.2, 0) is 11.2 Å². The third kappa shape index (κ3) is 3.30. The number of nitrogens with zero attached hydrogens (tertiary/aromatic N) is 2. The number of nitrogens with one attached hydrogen (secondary N) is 1. The summed E-state index contributed by atoms with van der Waals surface area (Å²) >= 11 is 0. The maximum atomic E-state index is 11.7. The molecule has 1 amide bonds. The summed E-state index contributed by atoms with van der Waals surface area (Å²) in [7, 11) is 0. The number of rotatable bonds is 5. The third-order valence-electron chi connectivity index (χ3n) is 2.89. The Labute approximate surface area is 111 Å². The lowest BCUT2D eigenvalue weighted by atomic mass is 10.3. The van der Waals surface area contributed by atoms with Crippen LogP contribution < -0.4 is 11.1 Å². The highest BCUT2D eigenvalue weighted by molar-refractivity contribution is 5.78. The Morgan fingerprint density at radius 2 is 2.37 bits per heavy atom. The normalized spacial score (nSPS) is 12.6. The van der Waals surface area contributed by atoms with Crippen molar-refractivity contribution in [2.24, 2.45) is 5.73 Å².